The third-order valence-electron chi connectivity index (χ3n) is 4.07. The minimum absolute atomic E-state index is 0.0248. The summed E-state index contributed by atoms with van der Waals surface area (Å²) < 4.78 is 1.72. The van der Waals surface area contributed by atoms with Crippen LogP contribution < -0.4 is 9.99 Å². The van der Waals surface area contributed by atoms with Gasteiger partial charge in [-0.1, -0.05) is 0 Å². The van der Waals surface area contributed by atoms with Gasteiger partial charge in [0.15, 0.2) is 0 Å². The molecular formula is C15H23N4O2P. The maximum atomic E-state index is 12.5. The van der Waals surface area contributed by atoms with Crippen LogP contribution in [0.25, 0.3) is 5.52 Å². The topological polar surface area (TPSA) is 69.9 Å². The van der Waals surface area contributed by atoms with Gasteiger partial charge >= 0.3 is 130 Å². The third kappa shape index (κ3) is 2.94. The van der Waals surface area contributed by atoms with Gasteiger partial charge in [0.05, 0.1) is 0 Å². The first-order valence-electron chi connectivity index (χ1n) is 7.66. The quantitative estimate of drug-likeness (QED) is 0.838. The molecule has 0 saturated carbocycles. The molecular weight excluding hydrogens is 299 g/mol. The minimum atomic E-state index is -2.11. The Hall–Kier alpha value is -1.65. The van der Waals surface area contributed by atoms with Crippen molar-refractivity contribution in [2.24, 2.45) is 0 Å². The van der Waals surface area contributed by atoms with Crippen molar-refractivity contribution in [3.8, 4) is 0 Å². The average Bonchev–Trinajstić information content (AvgIpc) is 3.15. The molecule has 0 aromatic carbocycles. The normalized spacial score (nSPS) is 16.2. The fourth-order valence-electron chi connectivity index (χ4n) is 2.73. The van der Waals surface area contributed by atoms with Crippen molar-refractivity contribution in [3.05, 3.63) is 30.1 Å². The van der Waals surface area contributed by atoms with E-state index in [0.717, 1.165) is 24.3 Å². The predicted octanol–water partition coefficient (Wildman–Crippen LogP) is 1.54. The van der Waals surface area contributed by atoms with Gasteiger partial charge in [0.1, 0.15) is 0 Å². The Kier molecular flexibility index (Phi) is 4.06. The molecule has 120 valence electrons. The molecule has 0 bridgehead atoms. The summed E-state index contributed by atoms with van der Waals surface area (Å²) in [7, 11) is -2.11. The number of amides is 1. The zero-order valence-corrected chi connectivity index (χ0v) is 14.0. The van der Waals surface area contributed by atoms with Gasteiger partial charge in [0.2, 0.25) is 0 Å². The monoisotopic (exact) mass is 322 g/mol. The van der Waals surface area contributed by atoms with Crippen LogP contribution in [0, 0.1) is 0 Å². The second-order valence-electron chi connectivity index (χ2n) is 6.46. The number of aromatic nitrogens is 2. The number of hydrogen-bond donors (Lipinski definition) is 2. The van der Waals surface area contributed by atoms with E-state index in [0.29, 0.717) is 5.56 Å². The number of hydrogen-bond acceptors (Lipinski definition) is 4. The summed E-state index contributed by atoms with van der Waals surface area (Å²) in [6, 6.07) is 4.07. The molecule has 1 aliphatic rings. The number of nitrogens with one attached hydrogen (secondary N) is 1. The van der Waals surface area contributed by atoms with E-state index in [2.05, 4.69) is 15.1 Å². The predicted molar refractivity (Wildman–Crippen MR) is 91.4 cm³/mol. The molecule has 3 rings (SSSR count). The molecule has 0 aliphatic carbocycles. The first kappa shape index (κ1) is 15.3. The Bertz CT molecular complexity index is 692. The van der Waals surface area contributed by atoms with E-state index in [1.165, 1.54) is 12.8 Å². The number of carbonyl (C=O) groups is 1. The molecule has 2 N–H and O–H groups in total. The molecule has 0 radical (unpaired) electrons. The van der Waals surface area contributed by atoms with Crippen molar-refractivity contribution in [3.63, 3.8) is 0 Å². The number of anilines is 1. The van der Waals surface area contributed by atoms with Crippen LogP contribution >= 0.6 is 7.41 Å². The van der Waals surface area contributed by atoms with Crippen LogP contribution in [-0.4, -0.2) is 53.4 Å². The number of aliphatic hydroxyl groups excluding tert-OH is 1. The molecule has 1 amide bonds. The Morgan fingerprint density at radius 3 is 2.82 bits per heavy atom. The van der Waals surface area contributed by atoms with Gasteiger partial charge in [0, 0.05) is 0 Å². The number of nitrogens with zero attached hydrogens (tertiary/aromatic N) is 3. The molecule has 2 aromatic rings. The van der Waals surface area contributed by atoms with Crippen LogP contribution in [-0.2, 0) is 0 Å². The fourth-order valence-corrected chi connectivity index (χ4v) is 3.56. The second-order valence-corrected chi connectivity index (χ2v) is 10.8. The Morgan fingerprint density at radius 1 is 1.41 bits per heavy atom. The second kappa shape index (κ2) is 5.86. The van der Waals surface area contributed by atoms with Gasteiger partial charge in [0.25, 0.3) is 0 Å². The standard InChI is InChI=1S/C15H23N4O2P/c1-22(2,11-20)17-15(21)13-10-16-19-8-5-12(9-14(13)19)18-6-3-4-7-18/h5,8-10,20,22H,3-4,6-7,11H2,1-2H3,(H,17,21). The number of carbonyl (C=O) groups excluding carboxylic acids is 1. The van der Waals surface area contributed by atoms with E-state index < -0.39 is 7.41 Å². The number of pyridine rings is 1. The van der Waals surface area contributed by atoms with Crippen LogP contribution in [0.3, 0.4) is 0 Å². The van der Waals surface area contributed by atoms with Crippen LogP contribution in [0.15, 0.2) is 24.5 Å². The first-order valence-corrected chi connectivity index (χ1v) is 10.9. The summed E-state index contributed by atoms with van der Waals surface area (Å²) in [4.78, 5) is 14.8. The van der Waals surface area contributed by atoms with Gasteiger partial charge in [-0.15, -0.1) is 0 Å². The van der Waals surface area contributed by atoms with Crippen molar-refractivity contribution >= 4 is 24.5 Å². The van der Waals surface area contributed by atoms with Crippen molar-refractivity contribution in [1.82, 2.24) is 14.7 Å². The molecule has 0 unspecified atom stereocenters. The summed E-state index contributed by atoms with van der Waals surface area (Å²) >= 11 is 0. The van der Waals surface area contributed by atoms with E-state index in [1.807, 2.05) is 31.7 Å². The molecule has 1 aliphatic heterocycles. The summed E-state index contributed by atoms with van der Waals surface area (Å²) in [6.07, 6.45) is 5.95. The summed E-state index contributed by atoms with van der Waals surface area (Å²) in [5.41, 5.74) is 2.51. The van der Waals surface area contributed by atoms with Crippen molar-refractivity contribution in [2.45, 2.75) is 12.8 Å². The van der Waals surface area contributed by atoms with E-state index in [9.17, 15) is 9.90 Å². The maximum absolute atomic E-state index is 12.5. The molecule has 1 fully saturated rings. The summed E-state index contributed by atoms with van der Waals surface area (Å²) in [5.74, 6) is -0.153. The molecule has 1 saturated heterocycles. The zero-order chi connectivity index (χ0) is 15.7. The van der Waals surface area contributed by atoms with Crippen LogP contribution in [0.1, 0.15) is 23.2 Å². The van der Waals surface area contributed by atoms with Gasteiger partial charge in [-0.05, 0) is 0 Å². The van der Waals surface area contributed by atoms with E-state index >= 15 is 0 Å². The van der Waals surface area contributed by atoms with Gasteiger partial charge < -0.3 is 0 Å². The number of aliphatic hydroxyl groups is 1. The fraction of sp³-hybridized carbons (Fsp3) is 0.467. The van der Waals surface area contributed by atoms with Gasteiger partial charge in [-0.3, -0.25) is 0 Å². The molecule has 6 nitrogen and oxygen atoms in total. The van der Waals surface area contributed by atoms with E-state index in [1.54, 1.807) is 10.7 Å². The average molecular weight is 322 g/mol. The molecule has 3 heterocycles. The van der Waals surface area contributed by atoms with Crippen molar-refractivity contribution in [1.29, 1.82) is 0 Å². The van der Waals surface area contributed by atoms with Crippen LogP contribution in [0.4, 0.5) is 5.69 Å². The van der Waals surface area contributed by atoms with E-state index in [4.69, 9.17) is 0 Å². The molecule has 22 heavy (non-hydrogen) atoms. The molecule has 0 spiro atoms. The molecule has 2 aromatic heterocycles. The Labute approximate surface area is 130 Å². The van der Waals surface area contributed by atoms with Crippen LogP contribution in [0.5, 0.6) is 0 Å². The summed E-state index contributed by atoms with van der Waals surface area (Å²) in [6.45, 7) is 5.98. The number of fused-ring (bicyclic) bond motifs is 1. The number of rotatable bonds is 4. The van der Waals surface area contributed by atoms with Crippen LogP contribution in [0.2, 0.25) is 0 Å². The molecule has 0 atom stereocenters. The SMILES string of the molecule is C[PH](C)(CO)NC(=O)c1cnn2ccc(N3CCCC3)cc12. The third-order valence-corrected chi connectivity index (χ3v) is 5.76. The van der Waals surface area contributed by atoms with Gasteiger partial charge in [-0.2, -0.15) is 0 Å². The van der Waals surface area contributed by atoms with E-state index in [-0.39, 0.29) is 12.3 Å². The van der Waals surface area contributed by atoms with Crippen molar-refractivity contribution < 1.29 is 9.90 Å². The Morgan fingerprint density at radius 2 is 2.14 bits per heavy atom. The first-order chi connectivity index (χ1) is 10.5. The Balaban J connectivity index is 1.92. The van der Waals surface area contributed by atoms with Gasteiger partial charge in [-0.25, -0.2) is 0 Å². The molecule has 7 heteroatoms. The van der Waals surface area contributed by atoms with Crippen molar-refractivity contribution in [2.75, 3.05) is 37.7 Å². The summed E-state index contributed by atoms with van der Waals surface area (Å²) in [5, 5.41) is 16.6. The zero-order valence-electron chi connectivity index (χ0n) is 13.0.